The van der Waals surface area contributed by atoms with Gasteiger partial charge in [-0.05, 0) is 84.5 Å². The Balaban J connectivity index is 1.73. The van der Waals surface area contributed by atoms with Crippen molar-refractivity contribution in [1.29, 1.82) is 0 Å². The first-order chi connectivity index (χ1) is 15.9. The van der Waals surface area contributed by atoms with Gasteiger partial charge in [-0.2, -0.15) is 0 Å². The number of carbonyl (C=O) groups is 1. The topological polar surface area (TPSA) is 61.5 Å². The Morgan fingerprint density at radius 2 is 1.82 bits per heavy atom. The second kappa shape index (κ2) is 9.63. The summed E-state index contributed by atoms with van der Waals surface area (Å²) in [6.07, 6.45) is 2.48. The molecule has 3 aromatic carbocycles. The lowest BCUT2D eigenvalue weighted by Crippen LogP contribution is -2.04. The molecule has 0 aliphatic heterocycles. The third-order valence-corrected chi connectivity index (χ3v) is 5.84. The predicted octanol–water partition coefficient (Wildman–Crippen LogP) is 6.66. The van der Waals surface area contributed by atoms with Gasteiger partial charge in [0.2, 0.25) is 0 Å². The highest BCUT2D eigenvalue weighted by atomic mass is 35.5. The van der Waals surface area contributed by atoms with Crippen LogP contribution in [0.5, 0.6) is 5.75 Å². The number of hydrogen-bond acceptors (Lipinski definition) is 4. The van der Waals surface area contributed by atoms with E-state index in [1.807, 2.05) is 12.1 Å². The Bertz CT molecular complexity index is 1260. The molecule has 4 nitrogen and oxygen atoms in total. The molecule has 2 N–H and O–H groups in total. The van der Waals surface area contributed by atoms with E-state index in [4.69, 9.17) is 26.8 Å². The Kier molecular flexibility index (Phi) is 6.65. The summed E-state index contributed by atoms with van der Waals surface area (Å²) in [5, 5.41) is 0.534. The van der Waals surface area contributed by atoms with E-state index in [-0.39, 0.29) is 12.2 Å². The van der Waals surface area contributed by atoms with Gasteiger partial charge in [0.25, 0.3) is 0 Å². The van der Waals surface area contributed by atoms with E-state index in [1.165, 1.54) is 19.2 Å². The molecule has 0 amide bonds. The third-order valence-electron chi connectivity index (χ3n) is 5.61. The number of nitrogen functional groups attached to an aromatic ring is 1. The molecule has 33 heavy (non-hydrogen) atoms. The van der Waals surface area contributed by atoms with Crippen molar-refractivity contribution in [2.45, 2.75) is 25.9 Å². The maximum absolute atomic E-state index is 14.1. The number of anilines is 1. The fourth-order valence-corrected chi connectivity index (χ4v) is 4.25. The van der Waals surface area contributed by atoms with Crippen LogP contribution in [0.15, 0.2) is 54.6 Å². The van der Waals surface area contributed by atoms with Crippen molar-refractivity contribution in [2.75, 3.05) is 12.8 Å². The number of benzene rings is 3. The summed E-state index contributed by atoms with van der Waals surface area (Å²) in [5.41, 5.74) is 10.8. The van der Waals surface area contributed by atoms with Crippen molar-refractivity contribution in [1.82, 2.24) is 0 Å². The monoisotopic (exact) mass is 469 g/mol. The normalized spacial score (nSPS) is 13.3. The molecule has 0 atom stereocenters. The molecule has 0 heterocycles. The quantitative estimate of drug-likeness (QED) is 0.324. The van der Waals surface area contributed by atoms with Crippen LogP contribution in [0.1, 0.15) is 46.3 Å². The SMILES string of the molecule is COC(=O)c1cc(N)cc(C2=C(c3cc(Cl)ccc3OCc3ccc(F)cc3F)CCC2)c1. The van der Waals surface area contributed by atoms with E-state index in [0.717, 1.165) is 47.6 Å². The maximum Gasteiger partial charge on any atom is 0.337 e. The van der Waals surface area contributed by atoms with Crippen LogP contribution in [0.2, 0.25) is 5.02 Å². The van der Waals surface area contributed by atoms with Crippen LogP contribution in [0.4, 0.5) is 14.5 Å². The minimum Gasteiger partial charge on any atom is -0.488 e. The van der Waals surface area contributed by atoms with Crippen molar-refractivity contribution >= 4 is 34.4 Å². The molecule has 0 aromatic heterocycles. The zero-order valence-corrected chi connectivity index (χ0v) is 18.7. The van der Waals surface area contributed by atoms with Crippen LogP contribution in [0.3, 0.4) is 0 Å². The van der Waals surface area contributed by atoms with Gasteiger partial charge in [0.1, 0.15) is 24.0 Å². The summed E-state index contributed by atoms with van der Waals surface area (Å²) >= 11 is 6.30. The molecule has 4 rings (SSSR count). The summed E-state index contributed by atoms with van der Waals surface area (Å²) in [4.78, 5) is 12.1. The molecule has 0 bridgehead atoms. The minimum absolute atomic E-state index is 0.0614. The molecule has 0 fully saturated rings. The molecule has 0 radical (unpaired) electrons. The molecule has 0 unspecified atom stereocenters. The number of hydrogen-bond donors (Lipinski definition) is 1. The van der Waals surface area contributed by atoms with Crippen molar-refractivity contribution in [3.63, 3.8) is 0 Å². The smallest absolute Gasteiger partial charge is 0.337 e. The van der Waals surface area contributed by atoms with Crippen LogP contribution in [-0.4, -0.2) is 13.1 Å². The fraction of sp³-hybridized carbons (Fsp3) is 0.192. The molecule has 3 aromatic rings. The number of methoxy groups -OCH3 is 1. The zero-order chi connectivity index (χ0) is 23.5. The van der Waals surface area contributed by atoms with Crippen molar-refractivity contribution < 1.29 is 23.0 Å². The maximum atomic E-state index is 14.1. The number of allylic oxidation sites excluding steroid dienone is 2. The Hall–Kier alpha value is -3.38. The summed E-state index contributed by atoms with van der Waals surface area (Å²) in [5.74, 6) is -1.23. The van der Waals surface area contributed by atoms with Crippen LogP contribution in [0.25, 0.3) is 11.1 Å². The van der Waals surface area contributed by atoms with Gasteiger partial charge in [0.05, 0.1) is 12.7 Å². The highest BCUT2D eigenvalue weighted by Crippen LogP contribution is 2.44. The molecular weight excluding hydrogens is 448 g/mol. The van der Waals surface area contributed by atoms with Gasteiger partial charge < -0.3 is 15.2 Å². The van der Waals surface area contributed by atoms with Crippen molar-refractivity contribution in [3.8, 4) is 5.75 Å². The first-order valence-electron chi connectivity index (χ1n) is 10.4. The van der Waals surface area contributed by atoms with Crippen LogP contribution in [-0.2, 0) is 11.3 Å². The lowest BCUT2D eigenvalue weighted by molar-refractivity contribution is 0.0600. The van der Waals surface area contributed by atoms with Gasteiger partial charge in [-0.15, -0.1) is 0 Å². The molecule has 170 valence electrons. The van der Waals surface area contributed by atoms with Crippen LogP contribution >= 0.6 is 11.6 Å². The lowest BCUT2D eigenvalue weighted by atomic mass is 9.95. The molecule has 1 aliphatic carbocycles. The van der Waals surface area contributed by atoms with E-state index >= 15 is 0 Å². The number of rotatable bonds is 6. The molecule has 0 saturated carbocycles. The molecular formula is C26H22ClF2NO3. The van der Waals surface area contributed by atoms with Crippen molar-refractivity contribution in [2.24, 2.45) is 0 Å². The fourth-order valence-electron chi connectivity index (χ4n) is 4.08. The number of nitrogens with two attached hydrogens (primary N) is 1. The highest BCUT2D eigenvalue weighted by molar-refractivity contribution is 6.30. The second-order valence-corrected chi connectivity index (χ2v) is 8.25. The molecule has 7 heteroatoms. The van der Waals surface area contributed by atoms with Gasteiger partial charge in [-0.25, -0.2) is 13.6 Å². The van der Waals surface area contributed by atoms with Gasteiger partial charge in [-0.1, -0.05) is 11.6 Å². The number of carbonyl (C=O) groups excluding carboxylic acids is 1. The standard InChI is InChI=1S/C26H22ClF2NO3/c1-32-26(31)17-9-16(10-20(30)11-17)21-3-2-4-22(21)23-12-18(27)6-8-25(23)33-14-15-5-7-19(28)13-24(15)29/h5-13H,2-4,14,30H2,1H3. The second-order valence-electron chi connectivity index (χ2n) is 7.81. The van der Waals surface area contributed by atoms with E-state index in [1.54, 1.807) is 24.3 Å². The van der Waals surface area contributed by atoms with Crippen molar-refractivity contribution in [3.05, 3.63) is 93.5 Å². The number of ether oxygens (including phenoxy) is 2. The molecule has 0 saturated heterocycles. The highest BCUT2D eigenvalue weighted by Gasteiger charge is 2.22. The largest absolute Gasteiger partial charge is 0.488 e. The summed E-state index contributed by atoms with van der Waals surface area (Å²) < 4.78 is 38.1. The Morgan fingerprint density at radius 3 is 2.58 bits per heavy atom. The van der Waals surface area contributed by atoms with E-state index in [0.29, 0.717) is 22.0 Å². The Morgan fingerprint density at radius 1 is 1.03 bits per heavy atom. The predicted molar refractivity (Wildman–Crippen MR) is 125 cm³/mol. The summed E-state index contributed by atoms with van der Waals surface area (Å²) in [6, 6.07) is 13.8. The van der Waals surface area contributed by atoms with E-state index in [2.05, 4.69) is 0 Å². The lowest BCUT2D eigenvalue weighted by Gasteiger charge is -2.16. The summed E-state index contributed by atoms with van der Waals surface area (Å²) in [6.45, 7) is -0.0614. The van der Waals surface area contributed by atoms with Gasteiger partial charge in [0.15, 0.2) is 0 Å². The Labute approximate surface area is 195 Å². The minimum atomic E-state index is -0.665. The van der Waals surface area contributed by atoms with E-state index in [9.17, 15) is 13.6 Å². The van der Waals surface area contributed by atoms with Crippen LogP contribution < -0.4 is 10.5 Å². The average Bonchev–Trinajstić information content (AvgIpc) is 3.28. The molecule has 0 spiro atoms. The first-order valence-corrected chi connectivity index (χ1v) is 10.8. The molecule has 1 aliphatic rings. The van der Waals surface area contributed by atoms with Gasteiger partial charge in [-0.3, -0.25) is 0 Å². The number of halogens is 3. The average molecular weight is 470 g/mol. The van der Waals surface area contributed by atoms with Gasteiger partial charge in [0, 0.05) is 27.9 Å². The van der Waals surface area contributed by atoms with Crippen LogP contribution in [0, 0.1) is 11.6 Å². The third kappa shape index (κ3) is 5.01. The first kappa shape index (κ1) is 22.8. The van der Waals surface area contributed by atoms with Gasteiger partial charge >= 0.3 is 5.97 Å². The zero-order valence-electron chi connectivity index (χ0n) is 18.0. The summed E-state index contributed by atoms with van der Waals surface area (Å²) in [7, 11) is 1.32. The van der Waals surface area contributed by atoms with E-state index < -0.39 is 17.6 Å². The number of esters is 1.